The fourth-order valence-electron chi connectivity index (χ4n) is 0.874. The van der Waals surface area contributed by atoms with Gasteiger partial charge in [-0.1, -0.05) is 5.16 Å². The van der Waals surface area contributed by atoms with Gasteiger partial charge in [0.25, 0.3) is 0 Å². The second kappa shape index (κ2) is 6.42. The summed E-state index contributed by atoms with van der Waals surface area (Å²) in [5.41, 5.74) is 0.579. The molecule has 0 aromatic carbocycles. The highest BCUT2D eigenvalue weighted by molar-refractivity contribution is 5.88. The van der Waals surface area contributed by atoms with Crippen LogP contribution in [-0.2, 0) is 9.53 Å². The second-order valence-electron chi connectivity index (χ2n) is 2.98. The molecule has 0 amide bonds. The lowest BCUT2D eigenvalue weighted by atomic mass is 10.2. The number of oxime groups is 1. The van der Waals surface area contributed by atoms with E-state index in [0.29, 0.717) is 18.7 Å². The summed E-state index contributed by atoms with van der Waals surface area (Å²) < 4.78 is 4.46. The summed E-state index contributed by atoms with van der Waals surface area (Å²) in [6, 6.07) is 0. The molecule has 5 heteroatoms. The first kappa shape index (κ1) is 11.9. The molecule has 0 radical (unpaired) electrons. The number of nitrogens with zero attached hydrogens (tertiary/aromatic N) is 2. The Balaban J connectivity index is 3.80. The van der Waals surface area contributed by atoms with E-state index in [1.807, 2.05) is 19.0 Å². The Hall–Kier alpha value is -1.10. The Labute approximate surface area is 78.0 Å². The van der Waals surface area contributed by atoms with Crippen LogP contribution in [0.1, 0.15) is 12.8 Å². The predicted molar refractivity (Wildman–Crippen MR) is 49.0 cm³/mol. The molecule has 0 saturated heterocycles. The van der Waals surface area contributed by atoms with Gasteiger partial charge in [-0.2, -0.15) is 0 Å². The Morgan fingerprint density at radius 1 is 1.46 bits per heavy atom. The van der Waals surface area contributed by atoms with E-state index in [4.69, 9.17) is 5.21 Å². The van der Waals surface area contributed by atoms with Crippen LogP contribution in [0.25, 0.3) is 0 Å². The van der Waals surface area contributed by atoms with Gasteiger partial charge in [-0.05, 0) is 14.1 Å². The topological polar surface area (TPSA) is 62.1 Å². The number of methoxy groups -OCH3 is 1. The van der Waals surface area contributed by atoms with Crippen molar-refractivity contribution in [2.45, 2.75) is 12.8 Å². The Morgan fingerprint density at radius 2 is 2.08 bits per heavy atom. The maximum atomic E-state index is 10.7. The van der Waals surface area contributed by atoms with Crippen LogP contribution < -0.4 is 0 Å². The van der Waals surface area contributed by atoms with Gasteiger partial charge in [-0.3, -0.25) is 4.79 Å². The van der Waals surface area contributed by atoms with E-state index in [1.165, 1.54) is 7.11 Å². The van der Waals surface area contributed by atoms with Gasteiger partial charge >= 0.3 is 5.97 Å². The number of ether oxygens (including phenoxy) is 1. The van der Waals surface area contributed by atoms with E-state index in [1.54, 1.807) is 0 Å². The Morgan fingerprint density at radius 3 is 2.46 bits per heavy atom. The molecule has 0 saturated carbocycles. The molecular weight excluding hydrogens is 172 g/mol. The van der Waals surface area contributed by atoms with Crippen LogP contribution in [0.3, 0.4) is 0 Å². The van der Waals surface area contributed by atoms with Gasteiger partial charge in [-0.25, -0.2) is 0 Å². The van der Waals surface area contributed by atoms with E-state index >= 15 is 0 Å². The maximum Gasteiger partial charge on any atom is 0.305 e. The third-order valence-corrected chi connectivity index (χ3v) is 1.49. The molecule has 13 heavy (non-hydrogen) atoms. The van der Waals surface area contributed by atoms with Crippen molar-refractivity contribution >= 4 is 11.7 Å². The van der Waals surface area contributed by atoms with Crippen molar-refractivity contribution in [2.75, 3.05) is 27.7 Å². The molecule has 76 valence electrons. The highest BCUT2D eigenvalue weighted by atomic mass is 16.5. The van der Waals surface area contributed by atoms with Crippen molar-refractivity contribution in [2.24, 2.45) is 5.16 Å². The lowest BCUT2D eigenvalue weighted by molar-refractivity contribution is -0.140. The van der Waals surface area contributed by atoms with Gasteiger partial charge in [-0.15, -0.1) is 0 Å². The van der Waals surface area contributed by atoms with Crippen LogP contribution in [0.4, 0.5) is 0 Å². The monoisotopic (exact) mass is 188 g/mol. The summed E-state index contributed by atoms with van der Waals surface area (Å²) in [5.74, 6) is -0.292. The molecule has 0 fully saturated rings. The molecule has 0 unspecified atom stereocenters. The van der Waals surface area contributed by atoms with E-state index in [2.05, 4.69) is 9.89 Å². The number of carbonyl (C=O) groups is 1. The lowest BCUT2D eigenvalue weighted by Crippen LogP contribution is -2.22. The average Bonchev–Trinajstić information content (AvgIpc) is 2.10. The molecule has 0 aliphatic heterocycles. The third kappa shape index (κ3) is 6.10. The van der Waals surface area contributed by atoms with Crippen LogP contribution in [0.5, 0.6) is 0 Å². The molecule has 5 nitrogen and oxygen atoms in total. The van der Waals surface area contributed by atoms with Crippen LogP contribution in [0, 0.1) is 0 Å². The summed E-state index contributed by atoms with van der Waals surface area (Å²) >= 11 is 0. The zero-order valence-electron chi connectivity index (χ0n) is 8.28. The quantitative estimate of drug-likeness (QED) is 0.292. The highest BCUT2D eigenvalue weighted by Crippen LogP contribution is 1.96. The zero-order valence-corrected chi connectivity index (χ0v) is 8.28. The van der Waals surface area contributed by atoms with E-state index in [0.717, 1.165) is 0 Å². The molecule has 1 N–H and O–H groups in total. The van der Waals surface area contributed by atoms with Crippen LogP contribution in [0.15, 0.2) is 5.16 Å². The smallest absolute Gasteiger partial charge is 0.305 e. The van der Waals surface area contributed by atoms with Crippen LogP contribution >= 0.6 is 0 Å². The van der Waals surface area contributed by atoms with Gasteiger partial charge < -0.3 is 14.8 Å². The second-order valence-corrected chi connectivity index (χ2v) is 2.98. The Bertz CT molecular complexity index is 190. The van der Waals surface area contributed by atoms with Crippen LogP contribution in [0.2, 0.25) is 0 Å². The molecule has 0 atom stereocenters. The SMILES string of the molecule is COC(=O)CC/C(CN(C)C)=N\O. The van der Waals surface area contributed by atoms with Crippen molar-refractivity contribution in [3.63, 3.8) is 0 Å². The maximum absolute atomic E-state index is 10.7. The summed E-state index contributed by atoms with van der Waals surface area (Å²) in [4.78, 5) is 12.6. The molecule has 0 heterocycles. The number of rotatable bonds is 5. The minimum absolute atomic E-state index is 0.254. The summed E-state index contributed by atoms with van der Waals surface area (Å²) in [6.45, 7) is 0.549. The largest absolute Gasteiger partial charge is 0.469 e. The molecular formula is C8H16N2O3. The van der Waals surface area contributed by atoms with Crippen LogP contribution in [-0.4, -0.2) is 49.5 Å². The molecule has 0 bridgehead atoms. The van der Waals surface area contributed by atoms with Crippen molar-refractivity contribution < 1.29 is 14.7 Å². The third-order valence-electron chi connectivity index (χ3n) is 1.49. The standard InChI is InChI=1S/C8H16N2O3/c1-10(2)6-7(9-12)4-5-8(11)13-3/h12H,4-6H2,1-3H3/b9-7+. The summed E-state index contributed by atoms with van der Waals surface area (Å²) in [5, 5.41) is 11.7. The molecule has 0 rings (SSSR count). The van der Waals surface area contributed by atoms with Crippen molar-refractivity contribution in [1.82, 2.24) is 4.90 Å². The zero-order chi connectivity index (χ0) is 10.3. The van der Waals surface area contributed by atoms with Gasteiger partial charge in [0.2, 0.25) is 0 Å². The Kier molecular flexibility index (Phi) is 5.88. The minimum Gasteiger partial charge on any atom is -0.469 e. The fourth-order valence-corrected chi connectivity index (χ4v) is 0.874. The molecule has 0 aromatic heterocycles. The fraction of sp³-hybridized carbons (Fsp3) is 0.750. The van der Waals surface area contributed by atoms with Crippen molar-refractivity contribution in [3.8, 4) is 0 Å². The van der Waals surface area contributed by atoms with Crippen molar-refractivity contribution in [3.05, 3.63) is 0 Å². The van der Waals surface area contributed by atoms with Gasteiger partial charge in [0.15, 0.2) is 0 Å². The molecule has 0 aliphatic carbocycles. The number of hydrogen-bond acceptors (Lipinski definition) is 5. The van der Waals surface area contributed by atoms with E-state index < -0.39 is 0 Å². The van der Waals surface area contributed by atoms with Crippen molar-refractivity contribution in [1.29, 1.82) is 0 Å². The lowest BCUT2D eigenvalue weighted by Gasteiger charge is -2.09. The molecule has 0 spiro atoms. The van der Waals surface area contributed by atoms with Gasteiger partial charge in [0.05, 0.1) is 19.2 Å². The molecule has 0 aromatic rings. The highest BCUT2D eigenvalue weighted by Gasteiger charge is 2.06. The first-order valence-electron chi connectivity index (χ1n) is 4.01. The molecule has 0 aliphatic rings. The van der Waals surface area contributed by atoms with E-state index in [-0.39, 0.29) is 12.4 Å². The first-order valence-corrected chi connectivity index (χ1v) is 4.01. The summed E-state index contributed by atoms with van der Waals surface area (Å²) in [6.07, 6.45) is 0.686. The number of hydrogen-bond donors (Lipinski definition) is 1. The van der Waals surface area contributed by atoms with Gasteiger partial charge in [0.1, 0.15) is 0 Å². The number of carbonyl (C=O) groups excluding carboxylic acids is 1. The normalized spacial score (nSPS) is 11.8. The van der Waals surface area contributed by atoms with Gasteiger partial charge in [0, 0.05) is 13.0 Å². The first-order chi connectivity index (χ1) is 6.10. The number of esters is 1. The predicted octanol–water partition coefficient (Wildman–Crippen LogP) is 0.331. The van der Waals surface area contributed by atoms with E-state index in [9.17, 15) is 4.79 Å². The minimum atomic E-state index is -0.292. The average molecular weight is 188 g/mol. The summed E-state index contributed by atoms with van der Waals surface area (Å²) in [7, 11) is 5.07.